The molecule has 3 N–H and O–H groups in total. The van der Waals surface area contributed by atoms with Crippen molar-refractivity contribution in [2.75, 3.05) is 7.05 Å². The number of hydrogen-bond acceptors (Lipinski definition) is 5. The largest absolute Gasteiger partial charge is 0.346 e. The van der Waals surface area contributed by atoms with Gasteiger partial charge in [0, 0.05) is 19.0 Å². The molecule has 2 aromatic rings. The minimum absolute atomic E-state index is 0.208. The van der Waals surface area contributed by atoms with Gasteiger partial charge < -0.3 is 5.73 Å². The standard InChI is InChI=1S/C14H14N4O3.CH5N/c1-17-12(9-5-3-2-4-6-9)16-18(14(17)21)10-7-8-11(19)15-13(10)20;1-2/h2-6,10H,7-8H2,1H3,(H,15,19,20);2H2,1H3. The summed E-state index contributed by atoms with van der Waals surface area (Å²) in [6.45, 7) is 0. The summed E-state index contributed by atoms with van der Waals surface area (Å²) in [5, 5.41) is 6.51. The van der Waals surface area contributed by atoms with E-state index in [0.717, 1.165) is 10.2 Å². The predicted molar refractivity (Wildman–Crippen MR) is 84.4 cm³/mol. The fraction of sp³-hybridized carbons (Fsp3) is 0.333. The third-order valence-corrected chi connectivity index (χ3v) is 3.54. The number of piperidine rings is 1. The molecular formula is C15H19N5O3. The van der Waals surface area contributed by atoms with Crippen LogP contribution in [0.4, 0.5) is 0 Å². The first-order chi connectivity index (χ1) is 11.1. The van der Waals surface area contributed by atoms with Crippen molar-refractivity contribution in [2.45, 2.75) is 18.9 Å². The number of aromatic nitrogens is 3. The average Bonchev–Trinajstić information content (AvgIpc) is 2.86. The molecule has 1 atom stereocenters. The smallest absolute Gasteiger partial charge is 0.333 e. The Morgan fingerprint density at radius 3 is 2.43 bits per heavy atom. The molecule has 8 nitrogen and oxygen atoms in total. The Labute approximate surface area is 132 Å². The van der Waals surface area contributed by atoms with Gasteiger partial charge in [-0.2, -0.15) is 0 Å². The van der Waals surface area contributed by atoms with Crippen LogP contribution in [-0.4, -0.2) is 33.2 Å². The van der Waals surface area contributed by atoms with Crippen LogP contribution in [0.3, 0.4) is 0 Å². The van der Waals surface area contributed by atoms with Gasteiger partial charge in [-0.3, -0.25) is 19.5 Å². The Morgan fingerprint density at radius 2 is 1.83 bits per heavy atom. The van der Waals surface area contributed by atoms with Gasteiger partial charge in [0.15, 0.2) is 5.82 Å². The SMILES string of the molecule is CN.Cn1c(-c2ccccc2)nn(C2CCC(=O)NC2=O)c1=O. The number of imide groups is 1. The molecule has 2 amide bonds. The van der Waals surface area contributed by atoms with E-state index in [0.29, 0.717) is 5.82 Å². The first kappa shape index (κ1) is 16.6. The molecule has 1 aliphatic rings. The molecule has 1 aromatic heterocycles. The van der Waals surface area contributed by atoms with Crippen molar-refractivity contribution >= 4 is 11.8 Å². The number of rotatable bonds is 2. The van der Waals surface area contributed by atoms with Crippen molar-refractivity contribution in [3.8, 4) is 11.4 Å². The van der Waals surface area contributed by atoms with Crippen LogP contribution >= 0.6 is 0 Å². The predicted octanol–water partition coefficient (Wildman–Crippen LogP) is -0.199. The lowest BCUT2D eigenvalue weighted by Crippen LogP contribution is -2.44. The monoisotopic (exact) mass is 317 g/mol. The van der Waals surface area contributed by atoms with Crippen molar-refractivity contribution < 1.29 is 9.59 Å². The molecular weight excluding hydrogens is 298 g/mol. The fourth-order valence-corrected chi connectivity index (χ4v) is 2.41. The van der Waals surface area contributed by atoms with Crippen molar-refractivity contribution in [2.24, 2.45) is 12.8 Å². The first-order valence-corrected chi connectivity index (χ1v) is 7.20. The molecule has 1 fully saturated rings. The number of benzene rings is 1. The van der Waals surface area contributed by atoms with E-state index in [4.69, 9.17) is 0 Å². The molecule has 1 aliphatic heterocycles. The van der Waals surface area contributed by atoms with Crippen molar-refractivity contribution in [3.63, 3.8) is 0 Å². The highest BCUT2D eigenvalue weighted by Crippen LogP contribution is 2.19. The van der Waals surface area contributed by atoms with Gasteiger partial charge in [-0.05, 0) is 13.5 Å². The van der Waals surface area contributed by atoms with E-state index in [1.807, 2.05) is 30.3 Å². The molecule has 2 heterocycles. The number of carbonyl (C=O) groups is 2. The Hall–Kier alpha value is -2.74. The second-order valence-electron chi connectivity index (χ2n) is 4.94. The van der Waals surface area contributed by atoms with Crippen LogP contribution in [0, 0.1) is 0 Å². The quantitative estimate of drug-likeness (QED) is 0.745. The maximum atomic E-state index is 12.3. The number of nitrogens with two attached hydrogens (primary N) is 1. The Kier molecular flexibility index (Phi) is 5.07. The van der Waals surface area contributed by atoms with E-state index in [1.165, 1.54) is 11.6 Å². The van der Waals surface area contributed by atoms with Crippen LogP contribution in [0.25, 0.3) is 11.4 Å². The second-order valence-corrected chi connectivity index (χ2v) is 4.94. The summed E-state index contributed by atoms with van der Waals surface area (Å²) in [6, 6.07) is 8.53. The van der Waals surface area contributed by atoms with Crippen LogP contribution in [0.2, 0.25) is 0 Å². The molecule has 8 heteroatoms. The van der Waals surface area contributed by atoms with Crippen LogP contribution in [0.5, 0.6) is 0 Å². The Bertz CT molecular complexity index is 763. The van der Waals surface area contributed by atoms with Gasteiger partial charge in [-0.25, -0.2) is 9.48 Å². The molecule has 122 valence electrons. The number of nitrogens with zero attached hydrogens (tertiary/aromatic N) is 3. The maximum Gasteiger partial charge on any atom is 0.346 e. The van der Waals surface area contributed by atoms with E-state index < -0.39 is 11.9 Å². The second kappa shape index (κ2) is 7.01. The zero-order valence-corrected chi connectivity index (χ0v) is 13.0. The maximum absolute atomic E-state index is 12.3. The third kappa shape index (κ3) is 3.21. The minimum atomic E-state index is -0.737. The van der Waals surface area contributed by atoms with Gasteiger partial charge in [-0.15, -0.1) is 5.10 Å². The molecule has 3 rings (SSSR count). The summed E-state index contributed by atoms with van der Waals surface area (Å²) >= 11 is 0. The lowest BCUT2D eigenvalue weighted by atomic mass is 10.1. The van der Waals surface area contributed by atoms with E-state index in [9.17, 15) is 14.4 Å². The van der Waals surface area contributed by atoms with E-state index in [2.05, 4.69) is 16.1 Å². The molecule has 1 aromatic carbocycles. The molecule has 0 aliphatic carbocycles. The van der Waals surface area contributed by atoms with Crippen molar-refractivity contribution in [1.29, 1.82) is 0 Å². The van der Waals surface area contributed by atoms with E-state index >= 15 is 0 Å². The number of hydrogen-bond donors (Lipinski definition) is 2. The topological polar surface area (TPSA) is 112 Å². The minimum Gasteiger partial charge on any atom is -0.333 e. The number of amides is 2. The summed E-state index contributed by atoms with van der Waals surface area (Å²) in [5.41, 5.74) is 4.92. The summed E-state index contributed by atoms with van der Waals surface area (Å²) in [5.74, 6) is -0.306. The molecule has 1 saturated heterocycles. The summed E-state index contributed by atoms with van der Waals surface area (Å²) < 4.78 is 2.56. The molecule has 0 radical (unpaired) electrons. The van der Waals surface area contributed by atoms with Gasteiger partial charge in [0.25, 0.3) is 5.91 Å². The zero-order chi connectivity index (χ0) is 17.0. The lowest BCUT2D eigenvalue weighted by Gasteiger charge is -2.19. The highest BCUT2D eigenvalue weighted by molar-refractivity contribution is 5.99. The van der Waals surface area contributed by atoms with E-state index in [1.54, 1.807) is 7.05 Å². The van der Waals surface area contributed by atoms with Gasteiger partial charge in [0.05, 0.1) is 0 Å². The highest BCUT2D eigenvalue weighted by Gasteiger charge is 2.31. The average molecular weight is 317 g/mol. The van der Waals surface area contributed by atoms with Gasteiger partial charge in [0.1, 0.15) is 6.04 Å². The summed E-state index contributed by atoms with van der Waals surface area (Å²) in [6.07, 6.45) is 0.496. The van der Waals surface area contributed by atoms with Crippen LogP contribution in [-0.2, 0) is 16.6 Å². The normalized spacial score (nSPS) is 17.3. The molecule has 1 unspecified atom stereocenters. The molecule has 0 spiro atoms. The van der Waals surface area contributed by atoms with Crippen LogP contribution in [0.15, 0.2) is 35.1 Å². The number of carbonyl (C=O) groups excluding carboxylic acids is 2. The van der Waals surface area contributed by atoms with Gasteiger partial charge >= 0.3 is 5.69 Å². The Balaban J connectivity index is 0.000000924. The third-order valence-electron chi connectivity index (χ3n) is 3.54. The van der Waals surface area contributed by atoms with Gasteiger partial charge in [0.2, 0.25) is 5.91 Å². The first-order valence-electron chi connectivity index (χ1n) is 7.20. The van der Waals surface area contributed by atoms with E-state index in [-0.39, 0.29) is 24.4 Å². The highest BCUT2D eigenvalue weighted by atomic mass is 16.2. The molecule has 0 bridgehead atoms. The number of nitrogens with one attached hydrogen (secondary N) is 1. The van der Waals surface area contributed by atoms with Crippen molar-refractivity contribution in [3.05, 3.63) is 40.8 Å². The Morgan fingerprint density at radius 1 is 1.17 bits per heavy atom. The fourth-order valence-electron chi connectivity index (χ4n) is 2.41. The van der Waals surface area contributed by atoms with Crippen molar-refractivity contribution in [1.82, 2.24) is 19.7 Å². The summed E-state index contributed by atoms with van der Waals surface area (Å²) in [4.78, 5) is 35.3. The molecule has 0 saturated carbocycles. The van der Waals surface area contributed by atoms with Crippen LogP contribution < -0.4 is 16.7 Å². The molecule has 23 heavy (non-hydrogen) atoms. The summed E-state index contributed by atoms with van der Waals surface area (Å²) in [7, 11) is 3.11. The van der Waals surface area contributed by atoms with Gasteiger partial charge in [-0.1, -0.05) is 30.3 Å². The lowest BCUT2D eigenvalue weighted by molar-refractivity contribution is -0.136. The van der Waals surface area contributed by atoms with Crippen LogP contribution in [0.1, 0.15) is 18.9 Å². The zero-order valence-electron chi connectivity index (χ0n) is 13.0.